The van der Waals surface area contributed by atoms with E-state index in [1.54, 1.807) is 0 Å². The Morgan fingerprint density at radius 1 is 1.10 bits per heavy atom. The standard InChI is InChI=1S/C17H34N2O/c1-4-11-18-16-9-7-5-6-8-10-17(16)19-12-15(3)20-13-14(19)2/h14-18H,4-13H2,1-3H3. The van der Waals surface area contributed by atoms with Crippen molar-refractivity contribution in [3.05, 3.63) is 0 Å². The first kappa shape index (κ1) is 16.3. The molecule has 118 valence electrons. The van der Waals surface area contributed by atoms with Gasteiger partial charge in [0.05, 0.1) is 12.7 Å². The smallest absolute Gasteiger partial charge is 0.0674 e. The summed E-state index contributed by atoms with van der Waals surface area (Å²) in [5, 5.41) is 3.84. The zero-order chi connectivity index (χ0) is 14.4. The SMILES string of the molecule is CCCNC1CCCCCCC1N1CC(C)OCC1C. The van der Waals surface area contributed by atoms with Crippen LogP contribution in [0.2, 0.25) is 0 Å². The fraction of sp³-hybridized carbons (Fsp3) is 1.00. The first-order valence-electron chi connectivity index (χ1n) is 8.83. The molecule has 0 aromatic carbocycles. The normalized spacial score (nSPS) is 37.4. The third-order valence-electron chi connectivity index (χ3n) is 4.97. The number of morpholine rings is 1. The van der Waals surface area contributed by atoms with Gasteiger partial charge < -0.3 is 10.1 Å². The third kappa shape index (κ3) is 4.44. The summed E-state index contributed by atoms with van der Waals surface area (Å²) in [6, 6.07) is 1.97. The molecular weight excluding hydrogens is 248 g/mol. The minimum absolute atomic E-state index is 0.392. The van der Waals surface area contributed by atoms with E-state index in [1.807, 2.05) is 0 Å². The minimum atomic E-state index is 0.392. The summed E-state index contributed by atoms with van der Waals surface area (Å²) in [5.41, 5.74) is 0. The molecule has 1 N–H and O–H groups in total. The Labute approximate surface area is 125 Å². The number of nitrogens with one attached hydrogen (secondary N) is 1. The van der Waals surface area contributed by atoms with E-state index in [9.17, 15) is 0 Å². The Hall–Kier alpha value is -0.120. The zero-order valence-corrected chi connectivity index (χ0v) is 13.7. The number of hydrogen-bond donors (Lipinski definition) is 1. The Morgan fingerprint density at radius 3 is 2.60 bits per heavy atom. The third-order valence-corrected chi connectivity index (χ3v) is 4.97. The van der Waals surface area contributed by atoms with Gasteiger partial charge in [0.15, 0.2) is 0 Å². The zero-order valence-electron chi connectivity index (χ0n) is 13.7. The monoisotopic (exact) mass is 282 g/mol. The van der Waals surface area contributed by atoms with E-state index in [4.69, 9.17) is 4.74 Å². The molecule has 0 bridgehead atoms. The first-order chi connectivity index (χ1) is 9.72. The molecule has 1 aliphatic heterocycles. The Bertz CT molecular complexity index is 270. The maximum atomic E-state index is 5.82. The maximum absolute atomic E-state index is 5.82. The van der Waals surface area contributed by atoms with Gasteiger partial charge in [0.2, 0.25) is 0 Å². The lowest BCUT2D eigenvalue weighted by Gasteiger charge is -2.46. The largest absolute Gasteiger partial charge is 0.376 e. The van der Waals surface area contributed by atoms with Crippen LogP contribution in [0.25, 0.3) is 0 Å². The highest BCUT2D eigenvalue weighted by Gasteiger charge is 2.34. The van der Waals surface area contributed by atoms with Gasteiger partial charge in [0, 0.05) is 24.7 Å². The fourth-order valence-electron chi connectivity index (χ4n) is 3.82. The molecule has 1 aliphatic carbocycles. The van der Waals surface area contributed by atoms with Crippen molar-refractivity contribution in [2.75, 3.05) is 19.7 Å². The van der Waals surface area contributed by atoms with E-state index in [1.165, 1.54) is 44.9 Å². The van der Waals surface area contributed by atoms with Crippen molar-refractivity contribution in [3.63, 3.8) is 0 Å². The topological polar surface area (TPSA) is 24.5 Å². The predicted octanol–water partition coefficient (Wildman–Crippen LogP) is 3.19. The Morgan fingerprint density at radius 2 is 1.85 bits per heavy atom. The summed E-state index contributed by atoms with van der Waals surface area (Å²) in [6.45, 7) is 9.99. The van der Waals surface area contributed by atoms with Crippen LogP contribution in [0.1, 0.15) is 65.7 Å². The van der Waals surface area contributed by atoms with Crippen molar-refractivity contribution in [3.8, 4) is 0 Å². The molecule has 4 unspecified atom stereocenters. The van der Waals surface area contributed by atoms with Gasteiger partial charge in [-0.25, -0.2) is 0 Å². The molecule has 2 aliphatic rings. The van der Waals surface area contributed by atoms with Crippen LogP contribution < -0.4 is 5.32 Å². The summed E-state index contributed by atoms with van der Waals surface area (Å²) >= 11 is 0. The lowest BCUT2D eigenvalue weighted by molar-refractivity contribution is -0.0742. The summed E-state index contributed by atoms with van der Waals surface area (Å²) < 4.78 is 5.82. The fourth-order valence-corrected chi connectivity index (χ4v) is 3.82. The van der Waals surface area contributed by atoms with Gasteiger partial charge in [0.25, 0.3) is 0 Å². The van der Waals surface area contributed by atoms with E-state index >= 15 is 0 Å². The van der Waals surface area contributed by atoms with Crippen molar-refractivity contribution in [1.29, 1.82) is 0 Å². The average Bonchev–Trinajstić information content (AvgIpc) is 2.41. The molecular formula is C17H34N2O. The van der Waals surface area contributed by atoms with Gasteiger partial charge in [-0.2, -0.15) is 0 Å². The Balaban J connectivity index is 2.04. The quantitative estimate of drug-likeness (QED) is 0.857. The second-order valence-electron chi connectivity index (χ2n) is 6.81. The van der Waals surface area contributed by atoms with E-state index in [2.05, 4.69) is 31.0 Å². The van der Waals surface area contributed by atoms with E-state index in [0.717, 1.165) is 19.7 Å². The highest BCUT2D eigenvalue weighted by atomic mass is 16.5. The lowest BCUT2D eigenvalue weighted by Crippen LogP contribution is -2.58. The van der Waals surface area contributed by atoms with Gasteiger partial charge in [-0.3, -0.25) is 4.90 Å². The van der Waals surface area contributed by atoms with Crippen molar-refractivity contribution < 1.29 is 4.74 Å². The number of hydrogen-bond acceptors (Lipinski definition) is 3. The second kappa shape index (κ2) is 8.35. The summed E-state index contributed by atoms with van der Waals surface area (Å²) in [4.78, 5) is 2.74. The van der Waals surface area contributed by atoms with E-state index in [-0.39, 0.29) is 0 Å². The predicted molar refractivity (Wildman–Crippen MR) is 85.2 cm³/mol. The van der Waals surface area contributed by atoms with Gasteiger partial charge >= 0.3 is 0 Å². The molecule has 3 heteroatoms. The molecule has 0 aromatic rings. The molecule has 20 heavy (non-hydrogen) atoms. The summed E-state index contributed by atoms with van der Waals surface area (Å²) in [7, 11) is 0. The van der Waals surface area contributed by atoms with Crippen LogP contribution in [0.4, 0.5) is 0 Å². The van der Waals surface area contributed by atoms with Crippen LogP contribution in [0.5, 0.6) is 0 Å². The molecule has 3 nitrogen and oxygen atoms in total. The molecule has 0 aromatic heterocycles. The molecule has 2 rings (SSSR count). The van der Waals surface area contributed by atoms with Gasteiger partial charge in [-0.1, -0.05) is 32.6 Å². The van der Waals surface area contributed by atoms with Gasteiger partial charge in [-0.05, 0) is 39.7 Å². The molecule has 2 fully saturated rings. The van der Waals surface area contributed by atoms with Crippen LogP contribution in [0.3, 0.4) is 0 Å². The number of ether oxygens (including phenoxy) is 1. The second-order valence-corrected chi connectivity index (χ2v) is 6.81. The molecule has 1 saturated carbocycles. The van der Waals surface area contributed by atoms with E-state index in [0.29, 0.717) is 24.2 Å². The van der Waals surface area contributed by atoms with Crippen LogP contribution in [-0.4, -0.2) is 48.8 Å². The molecule has 1 saturated heterocycles. The lowest BCUT2D eigenvalue weighted by atomic mass is 9.89. The maximum Gasteiger partial charge on any atom is 0.0674 e. The molecule has 0 spiro atoms. The molecule has 0 amide bonds. The molecule has 4 atom stereocenters. The van der Waals surface area contributed by atoms with E-state index < -0.39 is 0 Å². The van der Waals surface area contributed by atoms with Crippen molar-refractivity contribution in [1.82, 2.24) is 10.2 Å². The van der Waals surface area contributed by atoms with Crippen molar-refractivity contribution in [2.45, 2.75) is 89.9 Å². The molecule has 1 heterocycles. The van der Waals surface area contributed by atoms with Crippen molar-refractivity contribution in [2.24, 2.45) is 0 Å². The number of rotatable bonds is 4. The van der Waals surface area contributed by atoms with Crippen LogP contribution in [0.15, 0.2) is 0 Å². The summed E-state index contributed by atoms with van der Waals surface area (Å²) in [5.74, 6) is 0. The van der Waals surface area contributed by atoms with Gasteiger partial charge in [0.1, 0.15) is 0 Å². The summed E-state index contributed by atoms with van der Waals surface area (Å²) in [6.07, 6.45) is 9.97. The Kier molecular flexibility index (Phi) is 6.79. The van der Waals surface area contributed by atoms with Gasteiger partial charge in [-0.15, -0.1) is 0 Å². The first-order valence-corrected chi connectivity index (χ1v) is 8.83. The highest BCUT2D eigenvalue weighted by Crippen LogP contribution is 2.26. The molecule has 0 radical (unpaired) electrons. The number of nitrogens with zero attached hydrogens (tertiary/aromatic N) is 1. The van der Waals surface area contributed by atoms with Crippen LogP contribution in [-0.2, 0) is 4.74 Å². The highest BCUT2D eigenvalue weighted by molar-refractivity contribution is 4.90. The average molecular weight is 282 g/mol. The van der Waals surface area contributed by atoms with Crippen LogP contribution in [0, 0.1) is 0 Å². The van der Waals surface area contributed by atoms with Crippen LogP contribution >= 0.6 is 0 Å². The van der Waals surface area contributed by atoms with Crippen molar-refractivity contribution >= 4 is 0 Å². The minimum Gasteiger partial charge on any atom is -0.376 e.